The Kier molecular flexibility index (Phi) is 4.67. The van der Waals surface area contributed by atoms with Crippen LogP contribution in [0, 0.1) is 12.3 Å². The Balaban J connectivity index is 1.99. The van der Waals surface area contributed by atoms with E-state index in [4.69, 9.17) is 0 Å². The summed E-state index contributed by atoms with van der Waals surface area (Å²) in [5.41, 5.74) is 3.32. The first-order valence-corrected chi connectivity index (χ1v) is 7.74. The summed E-state index contributed by atoms with van der Waals surface area (Å²) in [6.45, 7) is 10.4. The van der Waals surface area contributed by atoms with Crippen molar-refractivity contribution in [2.75, 3.05) is 6.54 Å². The van der Waals surface area contributed by atoms with Crippen molar-refractivity contribution in [2.24, 2.45) is 5.41 Å². The molecule has 1 aromatic carbocycles. The second-order valence-electron chi connectivity index (χ2n) is 7.39. The highest BCUT2D eigenvalue weighted by atomic mass is 14.9. The SMILES string of the molecule is Cc1cccc(C(CCC(C)(C)C)CNC2CC2)c1. The molecule has 1 saturated carbocycles. The molecule has 19 heavy (non-hydrogen) atoms. The number of hydrogen-bond acceptors (Lipinski definition) is 1. The molecule has 1 aliphatic rings. The summed E-state index contributed by atoms with van der Waals surface area (Å²) in [5.74, 6) is 0.666. The summed E-state index contributed by atoms with van der Waals surface area (Å²) in [6, 6.07) is 9.86. The molecule has 0 saturated heterocycles. The van der Waals surface area contributed by atoms with Crippen LogP contribution in [0.1, 0.15) is 63.5 Å². The Labute approximate surface area is 118 Å². The van der Waals surface area contributed by atoms with Gasteiger partial charge in [0.2, 0.25) is 0 Å². The maximum atomic E-state index is 3.71. The van der Waals surface area contributed by atoms with E-state index in [-0.39, 0.29) is 0 Å². The van der Waals surface area contributed by atoms with Crippen molar-refractivity contribution in [2.45, 2.75) is 65.3 Å². The number of nitrogens with one attached hydrogen (secondary N) is 1. The van der Waals surface area contributed by atoms with Gasteiger partial charge in [-0.05, 0) is 49.5 Å². The molecule has 0 heterocycles. The molecule has 0 amide bonds. The molecule has 0 aliphatic heterocycles. The summed E-state index contributed by atoms with van der Waals surface area (Å²) < 4.78 is 0. The molecule has 1 N–H and O–H groups in total. The van der Waals surface area contributed by atoms with E-state index in [1.807, 2.05) is 0 Å². The zero-order valence-electron chi connectivity index (χ0n) is 13.0. The Hall–Kier alpha value is -0.820. The van der Waals surface area contributed by atoms with Crippen LogP contribution in [0.5, 0.6) is 0 Å². The molecular formula is C18H29N. The van der Waals surface area contributed by atoms with Crippen molar-refractivity contribution in [3.8, 4) is 0 Å². The van der Waals surface area contributed by atoms with Crippen molar-refractivity contribution in [3.05, 3.63) is 35.4 Å². The second-order valence-corrected chi connectivity index (χ2v) is 7.39. The molecular weight excluding hydrogens is 230 g/mol. The van der Waals surface area contributed by atoms with E-state index in [1.54, 1.807) is 0 Å². The summed E-state index contributed by atoms with van der Waals surface area (Å²) in [5, 5.41) is 3.71. The Morgan fingerprint density at radius 1 is 1.26 bits per heavy atom. The number of hydrogen-bond donors (Lipinski definition) is 1. The van der Waals surface area contributed by atoms with Gasteiger partial charge in [-0.15, -0.1) is 0 Å². The molecule has 1 aliphatic carbocycles. The third-order valence-electron chi connectivity index (χ3n) is 3.99. The smallest absolute Gasteiger partial charge is 0.00684 e. The first-order valence-electron chi connectivity index (χ1n) is 7.74. The fourth-order valence-corrected chi connectivity index (χ4v) is 2.51. The second kappa shape index (κ2) is 6.09. The van der Waals surface area contributed by atoms with Gasteiger partial charge in [-0.2, -0.15) is 0 Å². The van der Waals surface area contributed by atoms with Gasteiger partial charge in [0.05, 0.1) is 0 Å². The Bertz CT molecular complexity index is 398. The lowest BCUT2D eigenvalue weighted by Crippen LogP contribution is -2.24. The largest absolute Gasteiger partial charge is 0.313 e. The van der Waals surface area contributed by atoms with Crippen molar-refractivity contribution in [1.29, 1.82) is 0 Å². The van der Waals surface area contributed by atoms with Crippen LogP contribution in [0.4, 0.5) is 0 Å². The van der Waals surface area contributed by atoms with E-state index in [9.17, 15) is 0 Å². The molecule has 0 spiro atoms. The maximum Gasteiger partial charge on any atom is 0.00684 e. The van der Waals surface area contributed by atoms with E-state index in [0.29, 0.717) is 11.3 Å². The van der Waals surface area contributed by atoms with Crippen LogP contribution in [0.3, 0.4) is 0 Å². The van der Waals surface area contributed by atoms with Gasteiger partial charge in [-0.3, -0.25) is 0 Å². The van der Waals surface area contributed by atoms with Crippen molar-refractivity contribution in [3.63, 3.8) is 0 Å². The minimum atomic E-state index is 0.432. The maximum absolute atomic E-state index is 3.71. The van der Waals surface area contributed by atoms with Gasteiger partial charge < -0.3 is 5.32 Å². The Morgan fingerprint density at radius 2 is 2.00 bits per heavy atom. The normalized spacial score (nSPS) is 17.5. The fraction of sp³-hybridized carbons (Fsp3) is 0.667. The van der Waals surface area contributed by atoms with E-state index in [2.05, 4.69) is 57.3 Å². The van der Waals surface area contributed by atoms with Crippen LogP contribution in [0.25, 0.3) is 0 Å². The first kappa shape index (κ1) is 14.6. The molecule has 1 aromatic rings. The molecule has 1 atom stereocenters. The molecule has 1 unspecified atom stereocenters. The molecule has 1 nitrogen and oxygen atoms in total. The average Bonchev–Trinajstić information content (AvgIpc) is 3.11. The van der Waals surface area contributed by atoms with Crippen molar-refractivity contribution >= 4 is 0 Å². The number of rotatable bonds is 6. The van der Waals surface area contributed by atoms with E-state index in [0.717, 1.165) is 12.6 Å². The highest BCUT2D eigenvalue weighted by Crippen LogP contribution is 2.30. The fourth-order valence-electron chi connectivity index (χ4n) is 2.51. The van der Waals surface area contributed by atoms with Gasteiger partial charge >= 0.3 is 0 Å². The Morgan fingerprint density at radius 3 is 2.58 bits per heavy atom. The summed E-state index contributed by atoms with van der Waals surface area (Å²) >= 11 is 0. The van der Waals surface area contributed by atoms with Gasteiger partial charge in [-0.25, -0.2) is 0 Å². The minimum Gasteiger partial charge on any atom is -0.313 e. The van der Waals surface area contributed by atoms with Crippen LogP contribution < -0.4 is 5.32 Å². The van der Waals surface area contributed by atoms with Crippen molar-refractivity contribution < 1.29 is 0 Å². The molecule has 0 radical (unpaired) electrons. The summed E-state index contributed by atoms with van der Waals surface area (Å²) in [7, 11) is 0. The van der Waals surface area contributed by atoms with Gasteiger partial charge in [0.1, 0.15) is 0 Å². The van der Waals surface area contributed by atoms with Crippen LogP contribution in [-0.4, -0.2) is 12.6 Å². The van der Waals surface area contributed by atoms with Gasteiger partial charge in [0.25, 0.3) is 0 Å². The van der Waals surface area contributed by atoms with Gasteiger partial charge in [-0.1, -0.05) is 50.6 Å². The number of aryl methyl sites for hydroxylation is 1. The highest BCUT2D eigenvalue weighted by molar-refractivity contribution is 5.25. The monoisotopic (exact) mass is 259 g/mol. The molecule has 2 rings (SSSR count). The van der Waals surface area contributed by atoms with Crippen LogP contribution >= 0.6 is 0 Å². The number of benzene rings is 1. The summed E-state index contributed by atoms with van der Waals surface area (Å²) in [6.07, 6.45) is 5.32. The molecule has 1 heteroatoms. The van der Waals surface area contributed by atoms with Crippen molar-refractivity contribution in [1.82, 2.24) is 5.32 Å². The zero-order chi connectivity index (χ0) is 13.9. The average molecular weight is 259 g/mol. The predicted molar refractivity (Wildman–Crippen MR) is 83.6 cm³/mol. The topological polar surface area (TPSA) is 12.0 Å². The highest BCUT2D eigenvalue weighted by Gasteiger charge is 2.23. The summed E-state index contributed by atoms with van der Waals surface area (Å²) in [4.78, 5) is 0. The first-order chi connectivity index (χ1) is 8.94. The van der Waals surface area contributed by atoms with Gasteiger partial charge in [0.15, 0.2) is 0 Å². The quantitative estimate of drug-likeness (QED) is 0.783. The van der Waals surface area contributed by atoms with Crippen LogP contribution in [0.15, 0.2) is 24.3 Å². The third-order valence-corrected chi connectivity index (χ3v) is 3.99. The molecule has 0 aromatic heterocycles. The van der Waals surface area contributed by atoms with E-state index in [1.165, 1.54) is 36.8 Å². The van der Waals surface area contributed by atoms with E-state index < -0.39 is 0 Å². The van der Waals surface area contributed by atoms with Crippen LogP contribution in [-0.2, 0) is 0 Å². The zero-order valence-corrected chi connectivity index (χ0v) is 13.0. The minimum absolute atomic E-state index is 0.432. The molecule has 106 valence electrons. The molecule has 0 bridgehead atoms. The standard InChI is InChI=1S/C18H29N/c1-14-6-5-7-15(12-14)16(10-11-18(2,3)4)13-19-17-8-9-17/h5-7,12,16-17,19H,8-11,13H2,1-4H3. The van der Waals surface area contributed by atoms with Gasteiger partial charge in [0, 0.05) is 12.6 Å². The lowest BCUT2D eigenvalue weighted by Gasteiger charge is -2.24. The lowest BCUT2D eigenvalue weighted by atomic mass is 9.84. The van der Waals surface area contributed by atoms with Crippen LogP contribution in [0.2, 0.25) is 0 Å². The van der Waals surface area contributed by atoms with E-state index >= 15 is 0 Å². The predicted octanol–water partition coefficient (Wildman–Crippen LogP) is 4.66. The molecule has 1 fully saturated rings. The third kappa shape index (κ3) is 5.36. The lowest BCUT2D eigenvalue weighted by molar-refractivity contribution is 0.344.